The highest BCUT2D eigenvalue weighted by Crippen LogP contribution is 2.37. The summed E-state index contributed by atoms with van der Waals surface area (Å²) in [4.78, 5) is 0. The van der Waals surface area contributed by atoms with E-state index in [9.17, 15) is 13.2 Å². The normalized spacial score (nSPS) is 17.2. The quantitative estimate of drug-likeness (QED) is 0.913. The van der Waals surface area contributed by atoms with Crippen LogP contribution in [-0.4, -0.2) is 12.3 Å². The zero-order valence-electron chi connectivity index (χ0n) is 8.91. The van der Waals surface area contributed by atoms with Crippen molar-refractivity contribution in [2.24, 2.45) is 5.73 Å². The van der Waals surface area contributed by atoms with Crippen molar-refractivity contribution in [1.29, 1.82) is 0 Å². The van der Waals surface area contributed by atoms with Gasteiger partial charge in [0.1, 0.15) is 11.8 Å². The lowest BCUT2D eigenvalue weighted by molar-refractivity contribution is -0.149. The van der Waals surface area contributed by atoms with E-state index in [1.165, 1.54) is 18.2 Å². The van der Waals surface area contributed by atoms with Gasteiger partial charge in [-0.05, 0) is 18.9 Å². The van der Waals surface area contributed by atoms with Gasteiger partial charge in [0.2, 0.25) is 0 Å². The standard InChI is InChI=1S/C11H12F3NO.ClH/c12-11(13,14)10(15)8-3-1-2-4-9(8)16-7-5-6-7;/h1-4,7,10H,5-6,15H2;1H. The van der Waals surface area contributed by atoms with Crippen LogP contribution in [0.4, 0.5) is 13.2 Å². The van der Waals surface area contributed by atoms with Gasteiger partial charge in [-0.25, -0.2) is 0 Å². The molecule has 0 heterocycles. The Morgan fingerprint density at radius 2 is 1.82 bits per heavy atom. The van der Waals surface area contributed by atoms with Crippen LogP contribution in [0.1, 0.15) is 24.4 Å². The Morgan fingerprint density at radius 3 is 2.35 bits per heavy atom. The van der Waals surface area contributed by atoms with Crippen LogP contribution in [0.3, 0.4) is 0 Å². The van der Waals surface area contributed by atoms with E-state index in [1.54, 1.807) is 6.07 Å². The SMILES string of the molecule is Cl.NC(c1ccccc1OC1CC1)C(F)(F)F. The lowest BCUT2D eigenvalue weighted by Crippen LogP contribution is -2.29. The number of hydrogen-bond donors (Lipinski definition) is 1. The molecule has 0 aliphatic heterocycles. The Kier molecular flexibility index (Phi) is 4.27. The molecule has 2 nitrogen and oxygen atoms in total. The Morgan fingerprint density at radius 1 is 1.24 bits per heavy atom. The first-order valence-electron chi connectivity index (χ1n) is 5.06. The molecule has 0 bridgehead atoms. The van der Waals surface area contributed by atoms with Crippen LogP contribution in [0, 0.1) is 0 Å². The first-order chi connectivity index (χ1) is 7.48. The monoisotopic (exact) mass is 267 g/mol. The number of nitrogens with two attached hydrogens (primary N) is 1. The molecule has 1 fully saturated rings. The minimum atomic E-state index is -4.44. The zero-order chi connectivity index (χ0) is 11.8. The van der Waals surface area contributed by atoms with E-state index in [4.69, 9.17) is 10.5 Å². The van der Waals surface area contributed by atoms with Gasteiger partial charge in [-0.1, -0.05) is 18.2 Å². The number of rotatable bonds is 3. The summed E-state index contributed by atoms with van der Waals surface area (Å²) >= 11 is 0. The van der Waals surface area contributed by atoms with Crippen LogP contribution < -0.4 is 10.5 Å². The third-order valence-corrected chi connectivity index (χ3v) is 2.42. The van der Waals surface area contributed by atoms with Gasteiger partial charge in [-0.15, -0.1) is 12.4 Å². The topological polar surface area (TPSA) is 35.2 Å². The summed E-state index contributed by atoms with van der Waals surface area (Å²) in [6.07, 6.45) is -2.59. The van der Waals surface area contributed by atoms with Crippen LogP contribution in [0.5, 0.6) is 5.75 Å². The van der Waals surface area contributed by atoms with Crippen LogP contribution >= 0.6 is 12.4 Å². The summed E-state index contributed by atoms with van der Waals surface area (Å²) in [7, 11) is 0. The van der Waals surface area contributed by atoms with Crippen molar-refractivity contribution >= 4 is 12.4 Å². The van der Waals surface area contributed by atoms with Crippen molar-refractivity contribution in [1.82, 2.24) is 0 Å². The molecule has 6 heteroatoms. The van der Waals surface area contributed by atoms with Crippen molar-refractivity contribution in [3.05, 3.63) is 29.8 Å². The van der Waals surface area contributed by atoms with E-state index < -0.39 is 12.2 Å². The van der Waals surface area contributed by atoms with E-state index in [-0.39, 0.29) is 29.8 Å². The highest BCUT2D eigenvalue weighted by Gasteiger charge is 2.39. The van der Waals surface area contributed by atoms with Crippen LogP contribution in [0.15, 0.2) is 24.3 Å². The molecule has 1 atom stereocenters. The van der Waals surface area contributed by atoms with Crippen LogP contribution in [0.2, 0.25) is 0 Å². The van der Waals surface area contributed by atoms with Gasteiger partial charge in [0.15, 0.2) is 0 Å². The number of hydrogen-bond acceptors (Lipinski definition) is 2. The molecule has 0 aromatic heterocycles. The summed E-state index contributed by atoms with van der Waals surface area (Å²) < 4.78 is 42.9. The summed E-state index contributed by atoms with van der Waals surface area (Å²) in [5, 5.41) is 0. The van der Waals surface area contributed by atoms with E-state index in [2.05, 4.69) is 0 Å². The lowest BCUT2D eigenvalue weighted by atomic mass is 10.1. The second-order valence-corrected chi connectivity index (χ2v) is 3.87. The minimum absolute atomic E-state index is 0. The van der Waals surface area contributed by atoms with E-state index in [0.717, 1.165) is 12.8 Å². The largest absolute Gasteiger partial charge is 0.490 e. The first kappa shape index (κ1) is 14.1. The average molecular weight is 268 g/mol. The molecular weight excluding hydrogens is 255 g/mol. The molecule has 17 heavy (non-hydrogen) atoms. The highest BCUT2D eigenvalue weighted by atomic mass is 35.5. The lowest BCUT2D eigenvalue weighted by Gasteiger charge is -2.19. The van der Waals surface area contributed by atoms with Crippen molar-refractivity contribution in [3.63, 3.8) is 0 Å². The van der Waals surface area contributed by atoms with Crippen molar-refractivity contribution < 1.29 is 17.9 Å². The Balaban J connectivity index is 0.00000144. The smallest absolute Gasteiger partial charge is 0.407 e. The molecule has 1 aliphatic rings. The highest BCUT2D eigenvalue weighted by molar-refractivity contribution is 5.85. The molecule has 1 saturated carbocycles. The van der Waals surface area contributed by atoms with Gasteiger partial charge < -0.3 is 10.5 Å². The third kappa shape index (κ3) is 3.51. The summed E-state index contributed by atoms with van der Waals surface area (Å²) in [5.41, 5.74) is 5.17. The predicted octanol–water partition coefficient (Wildman–Crippen LogP) is 3.21. The maximum absolute atomic E-state index is 12.5. The van der Waals surface area contributed by atoms with Gasteiger partial charge in [0.05, 0.1) is 6.10 Å². The molecule has 2 N–H and O–H groups in total. The fourth-order valence-corrected chi connectivity index (χ4v) is 1.39. The molecule has 1 unspecified atom stereocenters. The van der Waals surface area contributed by atoms with Crippen LogP contribution in [0.25, 0.3) is 0 Å². The Labute approximate surface area is 103 Å². The molecule has 0 amide bonds. The van der Waals surface area contributed by atoms with Crippen molar-refractivity contribution in [2.45, 2.75) is 31.2 Å². The van der Waals surface area contributed by atoms with Crippen LogP contribution in [-0.2, 0) is 0 Å². The number of ether oxygens (including phenoxy) is 1. The molecule has 96 valence electrons. The number of halogens is 4. The molecule has 0 spiro atoms. The van der Waals surface area contributed by atoms with E-state index in [1.807, 2.05) is 0 Å². The fourth-order valence-electron chi connectivity index (χ4n) is 1.39. The first-order valence-corrected chi connectivity index (χ1v) is 5.06. The maximum atomic E-state index is 12.5. The van der Waals surface area contributed by atoms with Crippen molar-refractivity contribution in [3.8, 4) is 5.75 Å². The van der Waals surface area contributed by atoms with Gasteiger partial charge >= 0.3 is 6.18 Å². The molecule has 0 radical (unpaired) electrons. The van der Waals surface area contributed by atoms with E-state index >= 15 is 0 Å². The number of para-hydroxylation sites is 1. The van der Waals surface area contributed by atoms with Gasteiger partial charge in [0.25, 0.3) is 0 Å². The van der Waals surface area contributed by atoms with E-state index in [0.29, 0.717) is 0 Å². The Hall–Kier alpha value is -0.940. The second kappa shape index (κ2) is 5.14. The van der Waals surface area contributed by atoms with Crippen molar-refractivity contribution in [2.75, 3.05) is 0 Å². The molecule has 0 saturated heterocycles. The van der Waals surface area contributed by atoms with Gasteiger partial charge in [0, 0.05) is 5.56 Å². The zero-order valence-corrected chi connectivity index (χ0v) is 9.72. The molecular formula is C11H13ClF3NO. The summed E-state index contributed by atoms with van der Waals surface area (Å²) in [5.74, 6) is 0.245. The number of benzene rings is 1. The number of alkyl halides is 3. The molecule has 1 aliphatic carbocycles. The second-order valence-electron chi connectivity index (χ2n) is 3.87. The maximum Gasteiger partial charge on any atom is 0.407 e. The van der Waals surface area contributed by atoms with Gasteiger partial charge in [-0.2, -0.15) is 13.2 Å². The molecule has 1 aromatic carbocycles. The molecule has 2 rings (SSSR count). The summed E-state index contributed by atoms with van der Waals surface area (Å²) in [6.45, 7) is 0. The third-order valence-electron chi connectivity index (χ3n) is 2.42. The summed E-state index contributed by atoms with van der Waals surface area (Å²) in [6, 6.07) is 4.07. The molecule has 1 aromatic rings. The fraction of sp³-hybridized carbons (Fsp3) is 0.455. The minimum Gasteiger partial charge on any atom is -0.490 e. The Bertz CT molecular complexity index is 379. The average Bonchev–Trinajstić information content (AvgIpc) is 3.00. The predicted molar refractivity (Wildman–Crippen MR) is 60.3 cm³/mol. The van der Waals surface area contributed by atoms with Gasteiger partial charge in [-0.3, -0.25) is 0 Å².